The molecule has 148 valence electrons. The lowest BCUT2D eigenvalue weighted by atomic mass is 10.2. The third-order valence-electron chi connectivity index (χ3n) is 3.90. The third kappa shape index (κ3) is 4.20. The van der Waals surface area contributed by atoms with Crippen LogP contribution in [0.25, 0.3) is 0 Å². The van der Waals surface area contributed by atoms with Crippen molar-refractivity contribution in [2.45, 2.75) is 11.4 Å². The van der Waals surface area contributed by atoms with E-state index in [1.165, 1.54) is 49.4 Å². The largest absolute Gasteiger partial charge is 0.493 e. The summed E-state index contributed by atoms with van der Waals surface area (Å²) in [6.07, 6.45) is 1.42. The number of benzene rings is 2. The van der Waals surface area contributed by atoms with Crippen molar-refractivity contribution >= 4 is 27.4 Å². The summed E-state index contributed by atoms with van der Waals surface area (Å²) in [5, 5.41) is 4.19. The van der Waals surface area contributed by atoms with Crippen LogP contribution in [0.3, 0.4) is 0 Å². The Hall–Kier alpha value is -2.78. The molecule has 0 aliphatic heterocycles. The SMILES string of the molecule is COc1ccc(S(=O)(=O)Nc2nn(Cc3ccccc3F)cc2Cl)cc1OC. The Labute approximate surface area is 166 Å². The number of nitrogens with zero attached hydrogens (tertiary/aromatic N) is 2. The Morgan fingerprint density at radius 3 is 2.54 bits per heavy atom. The van der Waals surface area contributed by atoms with Gasteiger partial charge in [0, 0.05) is 17.8 Å². The van der Waals surface area contributed by atoms with Gasteiger partial charge in [-0.2, -0.15) is 5.10 Å². The predicted molar refractivity (Wildman–Crippen MR) is 103 cm³/mol. The normalized spacial score (nSPS) is 11.3. The fourth-order valence-corrected chi connectivity index (χ4v) is 3.80. The zero-order valence-corrected chi connectivity index (χ0v) is 16.6. The Kier molecular flexibility index (Phi) is 5.76. The lowest BCUT2D eigenvalue weighted by molar-refractivity contribution is 0.354. The van der Waals surface area contributed by atoms with E-state index < -0.39 is 10.0 Å². The van der Waals surface area contributed by atoms with Gasteiger partial charge in [0.15, 0.2) is 17.3 Å². The van der Waals surface area contributed by atoms with E-state index in [-0.39, 0.29) is 33.8 Å². The quantitative estimate of drug-likeness (QED) is 0.626. The summed E-state index contributed by atoms with van der Waals surface area (Å²) >= 11 is 6.10. The fourth-order valence-electron chi connectivity index (χ4n) is 2.52. The number of halogens is 2. The van der Waals surface area contributed by atoms with Crippen LogP contribution in [-0.2, 0) is 16.6 Å². The number of sulfonamides is 1. The van der Waals surface area contributed by atoms with Gasteiger partial charge in [-0.05, 0) is 18.2 Å². The van der Waals surface area contributed by atoms with Crippen LogP contribution in [-0.4, -0.2) is 32.4 Å². The maximum atomic E-state index is 13.8. The van der Waals surface area contributed by atoms with Crippen LogP contribution < -0.4 is 14.2 Å². The first kappa shape index (κ1) is 20.0. The van der Waals surface area contributed by atoms with Crippen LogP contribution in [0.15, 0.2) is 53.6 Å². The van der Waals surface area contributed by atoms with Crippen LogP contribution in [0, 0.1) is 5.82 Å². The predicted octanol–water partition coefficient (Wildman–Crippen LogP) is 3.54. The van der Waals surface area contributed by atoms with Crippen molar-refractivity contribution in [3.8, 4) is 11.5 Å². The zero-order chi connectivity index (χ0) is 20.3. The summed E-state index contributed by atoms with van der Waals surface area (Å²) in [6, 6.07) is 10.4. The molecule has 1 N–H and O–H groups in total. The number of hydrogen-bond donors (Lipinski definition) is 1. The molecule has 0 saturated carbocycles. The second kappa shape index (κ2) is 8.07. The Morgan fingerprint density at radius 1 is 1.14 bits per heavy atom. The van der Waals surface area contributed by atoms with Crippen molar-refractivity contribution in [3.63, 3.8) is 0 Å². The number of anilines is 1. The molecule has 10 heteroatoms. The number of aromatic nitrogens is 2. The molecule has 0 spiro atoms. The minimum atomic E-state index is -3.98. The van der Waals surface area contributed by atoms with E-state index in [1.807, 2.05) is 0 Å². The summed E-state index contributed by atoms with van der Waals surface area (Å²) in [5.41, 5.74) is 0.399. The van der Waals surface area contributed by atoms with E-state index in [1.54, 1.807) is 18.2 Å². The van der Waals surface area contributed by atoms with Crippen LogP contribution in [0.1, 0.15) is 5.56 Å². The van der Waals surface area contributed by atoms with Gasteiger partial charge >= 0.3 is 0 Å². The van der Waals surface area contributed by atoms with E-state index >= 15 is 0 Å². The number of methoxy groups -OCH3 is 2. The van der Waals surface area contributed by atoms with E-state index in [0.717, 1.165) is 0 Å². The molecule has 7 nitrogen and oxygen atoms in total. The maximum absolute atomic E-state index is 13.8. The molecule has 1 heterocycles. The van der Waals surface area contributed by atoms with Gasteiger partial charge in [-0.1, -0.05) is 29.8 Å². The topological polar surface area (TPSA) is 82.5 Å². The lowest BCUT2D eigenvalue weighted by Gasteiger charge is -2.10. The maximum Gasteiger partial charge on any atom is 0.263 e. The Balaban J connectivity index is 1.85. The zero-order valence-electron chi connectivity index (χ0n) is 15.0. The molecular formula is C18H17ClFN3O4S. The van der Waals surface area contributed by atoms with Gasteiger partial charge in [0.2, 0.25) is 0 Å². The van der Waals surface area contributed by atoms with Crippen molar-refractivity contribution < 1.29 is 22.3 Å². The average molecular weight is 426 g/mol. The Morgan fingerprint density at radius 2 is 1.86 bits per heavy atom. The minimum absolute atomic E-state index is 0.0510. The minimum Gasteiger partial charge on any atom is -0.493 e. The van der Waals surface area contributed by atoms with E-state index in [4.69, 9.17) is 21.1 Å². The van der Waals surface area contributed by atoms with Crippen molar-refractivity contribution in [3.05, 3.63) is 65.1 Å². The summed E-state index contributed by atoms with van der Waals surface area (Å²) in [7, 11) is -1.12. The molecule has 1 aromatic heterocycles. The van der Waals surface area contributed by atoms with Crippen LogP contribution in [0.2, 0.25) is 5.02 Å². The molecule has 28 heavy (non-hydrogen) atoms. The highest BCUT2D eigenvalue weighted by molar-refractivity contribution is 7.92. The lowest BCUT2D eigenvalue weighted by Crippen LogP contribution is -2.14. The van der Waals surface area contributed by atoms with Crippen molar-refractivity contribution in [2.24, 2.45) is 0 Å². The fraction of sp³-hybridized carbons (Fsp3) is 0.167. The molecule has 0 bridgehead atoms. The van der Waals surface area contributed by atoms with Gasteiger partial charge in [-0.15, -0.1) is 0 Å². The molecule has 0 fully saturated rings. The summed E-state index contributed by atoms with van der Waals surface area (Å²) in [5.74, 6) is 0.213. The average Bonchev–Trinajstić information content (AvgIpc) is 3.01. The first-order chi connectivity index (χ1) is 13.3. The first-order valence-corrected chi connectivity index (χ1v) is 9.91. The molecule has 0 aliphatic rings. The summed E-state index contributed by atoms with van der Waals surface area (Å²) in [4.78, 5) is -0.0510. The van der Waals surface area contributed by atoms with Gasteiger partial charge < -0.3 is 9.47 Å². The molecule has 0 amide bonds. The van der Waals surface area contributed by atoms with Gasteiger partial charge in [-0.25, -0.2) is 12.8 Å². The van der Waals surface area contributed by atoms with Gasteiger partial charge in [0.25, 0.3) is 10.0 Å². The molecule has 2 aromatic carbocycles. The molecule has 3 rings (SSSR count). The molecule has 3 aromatic rings. The first-order valence-electron chi connectivity index (χ1n) is 8.05. The van der Waals surface area contributed by atoms with Crippen LogP contribution >= 0.6 is 11.6 Å². The number of hydrogen-bond acceptors (Lipinski definition) is 5. The summed E-state index contributed by atoms with van der Waals surface area (Å²) in [6.45, 7) is 0.102. The van der Waals surface area contributed by atoms with Crippen LogP contribution in [0.5, 0.6) is 11.5 Å². The van der Waals surface area contributed by atoms with E-state index in [9.17, 15) is 12.8 Å². The molecule has 0 unspecified atom stereocenters. The molecule has 0 aliphatic carbocycles. The van der Waals surface area contributed by atoms with Crippen molar-refractivity contribution in [1.82, 2.24) is 9.78 Å². The van der Waals surface area contributed by atoms with Crippen molar-refractivity contribution in [1.29, 1.82) is 0 Å². The van der Waals surface area contributed by atoms with Crippen LogP contribution in [0.4, 0.5) is 10.2 Å². The smallest absolute Gasteiger partial charge is 0.263 e. The second-order valence-electron chi connectivity index (χ2n) is 5.74. The number of rotatable bonds is 7. The number of ether oxygens (including phenoxy) is 2. The van der Waals surface area contributed by atoms with Crippen molar-refractivity contribution in [2.75, 3.05) is 18.9 Å². The summed E-state index contributed by atoms with van der Waals surface area (Å²) < 4.78 is 53.1. The highest BCUT2D eigenvalue weighted by atomic mass is 35.5. The third-order valence-corrected chi connectivity index (χ3v) is 5.52. The van der Waals surface area contributed by atoms with E-state index in [2.05, 4.69) is 9.82 Å². The highest BCUT2D eigenvalue weighted by Gasteiger charge is 2.20. The monoisotopic (exact) mass is 425 g/mol. The second-order valence-corrected chi connectivity index (χ2v) is 7.83. The highest BCUT2D eigenvalue weighted by Crippen LogP contribution is 2.31. The van der Waals surface area contributed by atoms with E-state index in [0.29, 0.717) is 11.3 Å². The Bertz CT molecular complexity index is 1100. The van der Waals surface area contributed by atoms with Gasteiger partial charge in [0.1, 0.15) is 10.8 Å². The standard InChI is InChI=1S/C18H17ClFN3O4S/c1-26-16-8-7-13(9-17(16)27-2)28(24,25)22-18-14(19)11-23(21-18)10-12-5-3-4-6-15(12)20/h3-9,11H,10H2,1-2H3,(H,21,22). The molecule has 0 saturated heterocycles. The molecular weight excluding hydrogens is 409 g/mol. The molecule has 0 atom stereocenters. The van der Waals surface area contributed by atoms with Gasteiger partial charge in [0.05, 0.1) is 25.7 Å². The number of nitrogens with one attached hydrogen (secondary N) is 1. The molecule has 0 radical (unpaired) electrons. The van der Waals surface area contributed by atoms with Gasteiger partial charge in [-0.3, -0.25) is 9.40 Å².